The largest absolute Gasteiger partial charge is 0.394 e. The average molecular weight is 504 g/mol. The molecule has 0 aromatic heterocycles. The minimum Gasteiger partial charge on any atom is -0.394 e. The van der Waals surface area contributed by atoms with Crippen molar-refractivity contribution in [2.24, 2.45) is 0 Å². The Morgan fingerprint density at radius 3 is 1.62 bits per heavy atom. The van der Waals surface area contributed by atoms with Crippen LogP contribution in [0.15, 0.2) is 0 Å². The SMILES string of the molecule is OC[C@H]1O[C@H](OC[C@H]2O[C@H](O[C@H]3[C@H](O)[C@H](O)C(O)O[C@@H]3CO)[C@@H](O)[C@@H](O)[C@@H]2O)[C@H](O)[C@@H](O)[C@H]1O. The van der Waals surface area contributed by atoms with Crippen LogP contribution in [0.3, 0.4) is 0 Å². The van der Waals surface area contributed by atoms with Gasteiger partial charge in [-0.05, 0) is 0 Å². The lowest BCUT2D eigenvalue weighted by molar-refractivity contribution is -0.362. The van der Waals surface area contributed by atoms with Crippen LogP contribution < -0.4 is 0 Å². The van der Waals surface area contributed by atoms with Gasteiger partial charge in [-0.25, -0.2) is 0 Å². The molecular weight excluding hydrogens is 472 g/mol. The number of hydrogen-bond donors (Lipinski definition) is 11. The first-order valence-electron chi connectivity index (χ1n) is 10.6. The van der Waals surface area contributed by atoms with Crippen molar-refractivity contribution in [2.45, 2.75) is 92.1 Å². The minimum absolute atomic E-state index is 0.609. The predicted octanol–water partition coefficient (Wildman–Crippen LogP) is -7.57. The highest BCUT2D eigenvalue weighted by Crippen LogP contribution is 2.29. The van der Waals surface area contributed by atoms with Crippen LogP contribution in [-0.2, 0) is 23.7 Å². The van der Waals surface area contributed by atoms with Gasteiger partial charge in [0, 0.05) is 0 Å². The average Bonchev–Trinajstić information content (AvgIpc) is 2.82. The molecule has 0 saturated carbocycles. The normalized spacial score (nSPS) is 52.5. The Labute approximate surface area is 192 Å². The molecule has 200 valence electrons. The summed E-state index contributed by atoms with van der Waals surface area (Å²) in [7, 11) is 0. The molecule has 0 radical (unpaired) electrons. The molecule has 0 aliphatic carbocycles. The molecule has 3 saturated heterocycles. The van der Waals surface area contributed by atoms with Crippen molar-refractivity contribution in [3.63, 3.8) is 0 Å². The maximum atomic E-state index is 10.3. The van der Waals surface area contributed by atoms with Gasteiger partial charge in [-0.15, -0.1) is 0 Å². The lowest BCUT2D eigenvalue weighted by Crippen LogP contribution is -2.65. The zero-order valence-electron chi connectivity index (χ0n) is 17.7. The van der Waals surface area contributed by atoms with E-state index in [0.717, 1.165) is 0 Å². The van der Waals surface area contributed by atoms with Crippen LogP contribution in [0.2, 0.25) is 0 Å². The maximum Gasteiger partial charge on any atom is 0.187 e. The molecule has 3 heterocycles. The van der Waals surface area contributed by atoms with E-state index in [1.807, 2.05) is 0 Å². The van der Waals surface area contributed by atoms with Crippen LogP contribution in [-0.4, -0.2) is 168 Å². The first-order valence-corrected chi connectivity index (χ1v) is 10.6. The second kappa shape index (κ2) is 11.6. The summed E-state index contributed by atoms with van der Waals surface area (Å²) in [4.78, 5) is 0. The van der Waals surface area contributed by atoms with E-state index in [1.54, 1.807) is 0 Å². The Hall–Kier alpha value is -0.640. The Kier molecular flexibility index (Phi) is 9.54. The zero-order valence-corrected chi connectivity index (χ0v) is 17.7. The van der Waals surface area contributed by atoms with Gasteiger partial charge in [0.05, 0.1) is 19.8 Å². The summed E-state index contributed by atoms with van der Waals surface area (Å²) >= 11 is 0. The Balaban J connectivity index is 1.66. The van der Waals surface area contributed by atoms with Gasteiger partial charge in [0.15, 0.2) is 18.9 Å². The highest BCUT2D eigenvalue weighted by Gasteiger charge is 2.51. The molecule has 0 amide bonds. The summed E-state index contributed by atoms with van der Waals surface area (Å²) < 4.78 is 26.3. The van der Waals surface area contributed by atoms with Crippen LogP contribution in [0.4, 0.5) is 0 Å². The Bertz CT molecular complexity index is 637. The molecule has 0 spiro atoms. The van der Waals surface area contributed by atoms with Crippen molar-refractivity contribution >= 4 is 0 Å². The Morgan fingerprint density at radius 1 is 0.500 bits per heavy atom. The van der Waals surface area contributed by atoms with Gasteiger partial charge in [0.1, 0.15) is 73.2 Å². The molecular formula is C18H32O16. The first-order chi connectivity index (χ1) is 16.0. The summed E-state index contributed by atoms with van der Waals surface area (Å²) in [5, 5.41) is 109. The quantitative estimate of drug-likeness (QED) is 0.154. The third kappa shape index (κ3) is 5.52. The van der Waals surface area contributed by atoms with Crippen molar-refractivity contribution < 1.29 is 79.9 Å². The molecule has 16 heteroatoms. The third-order valence-corrected chi connectivity index (χ3v) is 6.07. The molecule has 3 aliphatic heterocycles. The van der Waals surface area contributed by atoms with Crippen LogP contribution in [0.25, 0.3) is 0 Å². The van der Waals surface area contributed by atoms with Gasteiger partial charge < -0.3 is 79.9 Å². The molecule has 3 aliphatic rings. The Morgan fingerprint density at radius 2 is 1.03 bits per heavy atom. The topological polar surface area (TPSA) is 269 Å². The van der Waals surface area contributed by atoms with E-state index in [2.05, 4.69) is 0 Å². The summed E-state index contributed by atoms with van der Waals surface area (Å²) in [6, 6.07) is 0. The lowest BCUT2D eigenvalue weighted by atomic mass is 9.97. The lowest BCUT2D eigenvalue weighted by Gasteiger charge is -2.45. The molecule has 16 nitrogen and oxygen atoms in total. The van der Waals surface area contributed by atoms with Crippen molar-refractivity contribution in [3.05, 3.63) is 0 Å². The molecule has 0 bridgehead atoms. The number of hydrogen-bond acceptors (Lipinski definition) is 16. The van der Waals surface area contributed by atoms with Gasteiger partial charge in [-0.3, -0.25) is 0 Å². The van der Waals surface area contributed by atoms with Crippen LogP contribution in [0, 0.1) is 0 Å². The van der Waals surface area contributed by atoms with Crippen LogP contribution in [0.5, 0.6) is 0 Å². The number of aliphatic hydroxyl groups excluding tert-OH is 11. The molecule has 34 heavy (non-hydrogen) atoms. The fraction of sp³-hybridized carbons (Fsp3) is 1.00. The van der Waals surface area contributed by atoms with Gasteiger partial charge >= 0.3 is 0 Å². The van der Waals surface area contributed by atoms with E-state index in [-0.39, 0.29) is 0 Å². The standard InChI is InChI=1S/C18H32O16/c19-1-4-7(21)9(23)13(27)17(32-4)30-3-6-8(22)10(24)14(28)18(33-6)34-15-5(2-20)31-16(29)12(26)11(15)25/h4-29H,1-3H2/t4-,5-,6-,7+,8-,9+,10+,11-,12+,13-,14+,15-,16?,17+,18-/m1/s1. The number of rotatable bonds is 7. The van der Waals surface area contributed by atoms with Crippen LogP contribution >= 0.6 is 0 Å². The van der Waals surface area contributed by atoms with Crippen molar-refractivity contribution in [1.82, 2.24) is 0 Å². The van der Waals surface area contributed by atoms with Gasteiger partial charge in [-0.1, -0.05) is 0 Å². The van der Waals surface area contributed by atoms with Crippen molar-refractivity contribution in [2.75, 3.05) is 19.8 Å². The van der Waals surface area contributed by atoms with Gasteiger partial charge in [-0.2, -0.15) is 0 Å². The molecule has 0 aromatic rings. The van der Waals surface area contributed by atoms with E-state index in [0.29, 0.717) is 0 Å². The molecule has 11 N–H and O–H groups in total. The van der Waals surface area contributed by atoms with E-state index in [1.165, 1.54) is 0 Å². The highest BCUT2D eigenvalue weighted by atomic mass is 16.7. The molecule has 1 unspecified atom stereocenters. The van der Waals surface area contributed by atoms with E-state index >= 15 is 0 Å². The first kappa shape index (κ1) is 27.9. The fourth-order valence-electron chi connectivity index (χ4n) is 3.95. The maximum absolute atomic E-state index is 10.3. The highest BCUT2D eigenvalue weighted by molar-refractivity contribution is 4.94. The fourth-order valence-corrected chi connectivity index (χ4v) is 3.95. The van der Waals surface area contributed by atoms with Crippen molar-refractivity contribution in [3.8, 4) is 0 Å². The summed E-state index contributed by atoms with van der Waals surface area (Å²) in [6.45, 7) is -2.07. The van der Waals surface area contributed by atoms with E-state index in [4.69, 9.17) is 23.7 Å². The summed E-state index contributed by atoms with van der Waals surface area (Å²) in [5.41, 5.74) is 0. The molecule has 15 atom stereocenters. The number of ether oxygens (including phenoxy) is 5. The smallest absolute Gasteiger partial charge is 0.187 e. The second-order valence-electron chi connectivity index (χ2n) is 8.37. The summed E-state index contributed by atoms with van der Waals surface area (Å²) in [6.07, 6.45) is -24.9. The minimum atomic E-state index is -1.87. The molecule has 3 fully saturated rings. The van der Waals surface area contributed by atoms with Crippen LogP contribution in [0.1, 0.15) is 0 Å². The van der Waals surface area contributed by atoms with Gasteiger partial charge in [0.2, 0.25) is 0 Å². The third-order valence-electron chi connectivity index (χ3n) is 6.07. The monoisotopic (exact) mass is 504 g/mol. The predicted molar refractivity (Wildman–Crippen MR) is 101 cm³/mol. The number of aliphatic hydroxyl groups is 11. The molecule has 3 rings (SSSR count). The molecule has 0 aromatic carbocycles. The second-order valence-corrected chi connectivity index (χ2v) is 8.37. The van der Waals surface area contributed by atoms with Gasteiger partial charge in [0.25, 0.3) is 0 Å². The van der Waals surface area contributed by atoms with Crippen molar-refractivity contribution in [1.29, 1.82) is 0 Å². The zero-order chi connectivity index (χ0) is 25.3. The summed E-state index contributed by atoms with van der Waals surface area (Å²) in [5.74, 6) is 0. The van der Waals surface area contributed by atoms with E-state index in [9.17, 15) is 56.2 Å². The van der Waals surface area contributed by atoms with E-state index < -0.39 is 112 Å².